The molecule has 5 nitrogen and oxygen atoms in total. The van der Waals surface area contributed by atoms with Crippen LogP contribution in [-0.2, 0) is 9.59 Å². The molecule has 3 rings (SSSR count). The number of carbonyl (C=O) groups is 2. The molecule has 3 N–H and O–H groups in total. The molecule has 0 radical (unpaired) electrons. The molecule has 5 heteroatoms. The van der Waals surface area contributed by atoms with Crippen molar-refractivity contribution in [2.75, 3.05) is 5.73 Å². The second-order valence-electron chi connectivity index (χ2n) is 5.72. The largest absolute Gasteiger partial charge is 0.481 e. The third kappa shape index (κ3) is 2.51. The molecule has 1 aromatic carbocycles. The Bertz CT molecular complexity index is 594. The van der Waals surface area contributed by atoms with Crippen LogP contribution in [-0.4, -0.2) is 34.0 Å². The van der Waals surface area contributed by atoms with Gasteiger partial charge in [-0.3, -0.25) is 9.59 Å². The van der Waals surface area contributed by atoms with Crippen molar-refractivity contribution in [2.45, 2.75) is 31.3 Å². The molecule has 2 aliphatic heterocycles. The van der Waals surface area contributed by atoms with Crippen molar-refractivity contribution >= 4 is 23.6 Å². The zero-order valence-electron chi connectivity index (χ0n) is 11.6. The fourth-order valence-corrected chi connectivity index (χ4v) is 3.46. The number of nitrogens with two attached hydrogens (primary N) is 1. The predicted octanol–water partition coefficient (Wildman–Crippen LogP) is 1.75. The van der Waals surface area contributed by atoms with E-state index < -0.39 is 11.9 Å². The molecule has 0 saturated carbocycles. The Hall–Kier alpha value is -2.30. The molecule has 2 fully saturated rings. The van der Waals surface area contributed by atoms with Crippen LogP contribution in [0.1, 0.15) is 24.8 Å². The van der Waals surface area contributed by atoms with Gasteiger partial charge in [0.2, 0.25) is 5.91 Å². The summed E-state index contributed by atoms with van der Waals surface area (Å²) in [5, 5.41) is 9.20. The topological polar surface area (TPSA) is 83.6 Å². The lowest BCUT2D eigenvalue weighted by Gasteiger charge is -2.21. The Balaban J connectivity index is 1.71. The van der Waals surface area contributed by atoms with Crippen molar-refractivity contribution in [1.82, 2.24) is 4.90 Å². The molecular formula is C16H18N2O3. The second-order valence-corrected chi connectivity index (χ2v) is 5.72. The molecule has 110 valence electrons. The minimum absolute atomic E-state index is 0.0830. The summed E-state index contributed by atoms with van der Waals surface area (Å²) >= 11 is 0. The van der Waals surface area contributed by atoms with Crippen LogP contribution < -0.4 is 5.73 Å². The zero-order chi connectivity index (χ0) is 15.0. The summed E-state index contributed by atoms with van der Waals surface area (Å²) in [5.41, 5.74) is 7.20. The lowest BCUT2D eigenvalue weighted by Crippen LogP contribution is -2.36. The summed E-state index contributed by atoms with van der Waals surface area (Å²) in [6.45, 7) is 0. The molecule has 3 unspecified atom stereocenters. The molecule has 3 atom stereocenters. The van der Waals surface area contributed by atoms with Crippen LogP contribution in [0.2, 0.25) is 0 Å². The van der Waals surface area contributed by atoms with Crippen molar-refractivity contribution in [1.29, 1.82) is 0 Å². The number of aliphatic carboxylic acids is 1. The van der Waals surface area contributed by atoms with Gasteiger partial charge in [0.15, 0.2) is 0 Å². The van der Waals surface area contributed by atoms with Gasteiger partial charge in [-0.25, -0.2) is 0 Å². The lowest BCUT2D eigenvalue weighted by atomic mass is 9.89. The molecule has 0 aromatic heterocycles. The van der Waals surface area contributed by atoms with Crippen molar-refractivity contribution in [2.24, 2.45) is 5.92 Å². The van der Waals surface area contributed by atoms with Gasteiger partial charge in [0, 0.05) is 23.8 Å². The van der Waals surface area contributed by atoms with E-state index in [-0.39, 0.29) is 18.0 Å². The molecular weight excluding hydrogens is 268 g/mol. The van der Waals surface area contributed by atoms with E-state index in [9.17, 15) is 14.7 Å². The maximum absolute atomic E-state index is 12.3. The number of carbonyl (C=O) groups excluding carboxylic acids is 1. The summed E-state index contributed by atoms with van der Waals surface area (Å²) in [4.78, 5) is 25.3. The molecule has 1 amide bonds. The normalized spacial score (nSPS) is 27.4. The van der Waals surface area contributed by atoms with Crippen LogP contribution in [0, 0.1) is 5.92 Å². The average molecular weight is 286 g/mol. The van der Waals surface area contributed by atoms with Gasteiger partial charge in [-0.05, 0) is 43.0 Å². The number of nitrogens with zero attached hydrogens (tertiary/aromatic N) is 1. The summed E-state index contributed by atoms with van der Waals surface area (Å²) in [6.07, 6.45) is 5.57. The highest BCUT2D eigenvalue weighted by Crippen LogP contribution is 2.41. The summed E-state index contributed by atoms with van der Waals surface area (Å²) in [5.74, 6) is -1.29. The first-order valence-corrected chi connectivity index (χ1v) is 7.15. The highest BCUT2D eigenvalue weighted by atomic mass is 16.4. The van der Waals surface area contributed by atoms with Crippen molar-refractivity contribution < 1.29 is 14.7 Å². The molecule has 21 heavy (non-hydrogen) atoms. The zero-order valence-corrected chi connectivity index (χ0v) is 11.6. The van der Waals surface area contributed by atoms with Gasteiger partial charge in [0.1, 0.15) is 0 Å². The van der Waals surface area contributed by atoms with E-state index in [0.717, 1.165) is 18.4 Å². The second kappa shape index (κ2) is 5.24. The first-order chi connectivity index (χ1) is 10.1. The number of hydrogen-bond acceptors (Lipinski definition) is 3. The van der Waals surface area contributed by atoms with E-state index in [1.807, 2.05) is 12.1 Å². The SMILES string of the molecule is Nc1ccc(/C=C/C(=O)N2C3CCC2C(C(=O)O)C3)cc1. The van der Waals surface area contributed by atoms with Crippen molar-refractivity contribution in [3.8, 4) is 0 Å². The molecule has 0 aliphatic carbocycles. The minimum Gasteiger partial charge on any atom is -0.481 e. The van der Waals surface area contributed by atoms with Crippen LogP contribution in [0.5, 0.6) is 0 Å². The number of hydrogen-bond donors (Lipinski definition) is 2. The van der Waals surface area contributed by atoms with E-state index >= 15 is 0 Å². The number of carboxylic acid groups (broad SMARTS) is 1. The molecule has 2 bridgehead atoms. The number of rotatable bonds is 3. The Labute approximate surface area is 123 Å². The number of benzene rings is 1. The molecule has 1 aromatic rings. The standard InChI is InChI=1S/C16H18N2O3/c17-11-4-1-10(2-5-11)3-8-15(19)18-12-6-7-14(18)13(9-12)16(20)21/h1-5,8,12-14H,6-7,9,17H2,(H,20,21)/b8-3+. The quantitative estimate of drug-likeness (QED) is 0.655. The number of carboxylic acids is 1. The maximum atomic E-state index is 12.3. The predicted molar refractivity (Wildman–Crippen MR) is 79.3 cm³/mol. The van der Waals surface area contributed by atoms with E-state index in [2.05, 4.69) is 0 Å². The molecule has 2 heterocycles. The van der Waals surface area contributed by atoms with E-state index in [1.165, 1.54) is 6.08 Å². The fraction of sp³-hybridized carbons (Fsp3) is 0.375. The monoisotopic (exact) mass is 286 g/mol. The van der Waals surface area contributed by atoms with E-state index in [1.54, 1.807) is 23.1 Å². The molecule has 2 saturated heterocycles. The van der Waals surface area contributed by atoms with Gasteiger partial charge >= 0.3 is 5.97 Å². The number of amides is 1. The summed E-state index contributed by atoms with van der Waals surface area (Å²) in [7, 11) is 0. The Morgan fingerprint density at radius 3 is 2.57 bits per heavy atom. The third-order valence-corrected chi connectivity index (χ3v) is 4.46. The van der Waals surface area contributed by atoms with E-state index in [4.69, 9.17) is 5.73 Å². The lowest BCUT2D eigenvalue weighted by molar-refractivity contribution is -0.143. The number of anilines is 1. The number of nitrogen functional groups attached to an aromatic ring is 1. The van der Waals surface area contributed by atoms with Gasteiger partial charge < -0.3 is 15.7 Å². The van der Waals surface area contributed by atoms with Gasteiger partial charge in [0.25, 0.3) is 0 Å². The van der Waals surface area contributed by atoms with Gasteiger partial charge in [-0.1, -0.05) is 12.1 Å². The average Bonchev–Trinajstić information content (AvgIpc) is 3.04. The van der Waals surface area contributed by atoms with Crippen molar-refractivity contribution in [3.63, 3.8) is 0 Å². The third-order valence-electron chi connectivity index (χ3n) is 4.46. The maximum Gasteiger partial charge on any atom is 0.308 e. The molecule has 2 aliphatic rings. The highest BCUT2D eigenvalue weighted by Gasteiger charge is 2.50. The van der Waals surface area contributed by atoms with E-state index in [0.29, 0.717) is 12.1 Å². The Morgan fingerprint density at radius 1 is 1.24 bits per heavy atom. The van der Waals surface area contributed by atoms with Crippen LogP contribution in [0.25, 0.3) is 6.08 Å². The van der Waals surface area contributed by atoms with Gasteiger partial charge in [-0.2, -0.15) is 0 Å². The Morgan fingerprint density at radius 2 is 1.95 bits per heavy atom. The van der Waals surface area contributed by atoms with Crippen LogP contribution in [0.3, 0.4) is 0 Å². The smallest absolute Gasteiger partial charge is 0.308 e. The summed E-state index contributed by atoms with van der Waals surface area (Å²) < 4.78 is 0. The van der Waals surface area contributed by atoms with Crippen LogP contribution >= 0.6 is 0 Å². The highest BCUT2D eigenvalue weighted by molar-refractivity contribution is 5.93. The first-order valence-electron chi connectivity index (χ1n) is 7.15. The van der Waals surface area contributed by atoms with Crippen LogP contribution in [0.15, 0.2) is 30.3 Å². The minimum atomic E-state index is -0.789. The van der Waals surface area contributed by atoms with Crippen LogP contribution in [0.4, 0.5) is 5.69 Å². The van der Waals surface area contributed by atoms with Gasteiger partial charge in [0.05, 0.1) is 5.92 Å². The fourth-order valence-electron chi connectivity index (χ4n) is 3.46. The van der Waals surface area contributed by atoms with Gasteiger partial charge in [-0.15, -0.1) is 0 Å². The summed E-state index contributed by atoms with van der Waals surface area (Å²) in [6, 6.07) is 7.19. The van der Waals surface area contributed by atoms with Crippen molar-refractivity contribution in [3.05, 3.63) is 35.9 Å². The molecule has 0 spiro atoms. The Kier molecular flexibility index (Phi) is 3.41. The number of fused-ring (bicyclic) bond motifs is 2. The first kappa shape index (κ1) is 13.7.